The average Bonchev–Trinajstić information content (AvgIpc) is 2.37. The van der Waals surface area contributed by atoms with Crippen LogP contribution in [0.4, 0.5) is 0 Å². The van der Waals surface area contributed by atoms with Crippen LogP contribution in [0.3, 0.4) is 0 Å². The Bertz CT molecular complexity index is 413. The van der Waals surface area contributed by atoms with E-state index in [9.17, 15) is 0 Å². The first-order chi connectivity index (χ1) is 9.00. The molecule has 0 heterocycles. The summed E-state index contributed by atoms with van der Waals surface area (Å²) in [6, 6.07) is 9.40. The van der Waals surface area contributed by atoms with E-state index in [-0.39, 0.29) is 0 Å². The van der Waals surface area contributed by atoms with E-state index < -0.39 is 0 Å². The van der Waals surface area contributed by atoms with E-state index in [0.717, 1.165) is 5.75 Å². The van der Waals surface area contributed by atoms with Crippen molar-refractivity contribution in [1.82, 2.24) is 5.32 Å². The van der Waals surface area contributed by atoms with Crippen LogP contribution in [0.15, 0.2) is 24.3 Å². The van der Waals surface area contributed by atoms with Gasteiger partial charge in [-0.25, -0.2) is 0 Å². The van der Waals surface area contributed by atoms with E-state index in [4.69, 9.17) is 4.74 Å². The standard InChI is InChI=1S/C17H27NO/c1-13(14-7-5-9-16(11-14)19-4)18-15-8-6-10-17(2,3)12-15/h5,7,9,11,13,15,18H,6,8,10,12H2,1-4H3/t13-,15?/m1/s1. The molecule has 2 heteroatoms. The Morgan fingerprint density at radius 3 is 2.84 bits per heavy atom. The summed E-state index contributed by atoms with van der Waals surface area (Å²) in [5.74, 6) is 0.940. The molecule has 2 rings (SSSR count). The number of hydrogen-bond acceptors (Lipinski definition) is 2. The fourth-order valence-corrected chi connectivity index (χ4v) is 3.20. The van der Waals surface area contributed by atoms with Gasteiger partial charge >= 0.3 is 0 Å². The van der Waals surface area contributed by atoms with Crippen LogP contribution in [0.1, 0.15) is 58.1 Å². The first-order valence-corrected chi connectivity index (χ1v) is 7.40. The van der Waals surface area contributed by atoms with E-state index >= 15 is 0 Å². The summed E-state index contributed by atoms with van der Waals surface area (Å²) in [7, 11) is 1.72. The second-order valence-electron chi connectivity index (χ2n) is 6.62. The van der Waals surface area contributed by atoms with Gasteiger partial charge in [-0.15, -0.1) is 0 Å². The summed E-state index contributed by atoms with van der Waals surface area (Å²) in [5.41, 5.74) is 1.80. The smallest absolute Gasteiger partial charge is 0.119 e. The van der Waals surface area contributed by atoms with Crippen LogP contribution >= 0.6 is 0 Å². The number of nitrogens with one attached hydrogen (secondary N) is 1. The molecule has 1 aromatic carbocycles. The Kier molecular flexibility index (Phi) is 4.51. The zero-order valence-corrected chi connectivity index (χ0v) is 12.7. The quantitative estimate of drug-likeness (QED) is 0.871. The molecule has 0 amide bonds. The van der Waals surface area contributed by atoms with Gasteiger partial charge in [0.2, 0.25) is 0 Å². The number of ether oxygens (including phenoxy) is 1. The van der Waals surface area contributed by atoms with Crippen molar-refractivity contribution in [3.63, 3.8) is 0 Å². The fourth-order valence-electron chi connectivity index (χ4n) is 3.20. The zero-order chi connectivity index (χ0) is 13.9. The van der Waals surface area contributed by atoms with E-state index in [2.05, 4.69) is 44.3 Å². The Morgan fingerprint density at radius 2 is 2.16 bits per heavy atom. The summed E-state index contributed by atoms with van der Waals surface area (Å²) in [5, 5.41) is 3.79. The van der Waals surface area contributed by atoms with Crippen molar-refractivity contribution in [3.8, 4) is 5.75 Å². The van der Waals surface area contributed by atoms with E-state index in [0.29, 0.717) is 17.5 Å². The largest absolute Gasteiger partial charge is 0.497 e. The van der Waals surface area contributed by atoms with E-state index in [1.807, 2.05) is 6.07 Å². The lowest BCUT2D eigenvalue weighted by atomic mass is 9.75. The average molecular weight is 261 g/mol. The summed E-state index contributed by atoms with van der Waals surface area (Å²) in [4.78, 5) is 0. The van der Waals surface area contributed by atoms with Crippen molar-refractivity contribution >= 4 is 0 Å². The predicted molar refractivity (Wildman–Crippen MR) is 80.6 cm³/mol. The maximum absolute atomic E-state index is 5.30. The molecule has 0 aromatic heterocycles. The van der Waals surface area contributed by atoms with Crippen LogP contribution in [0.5, 0.6) is 5.75 Å². The van der Waals surface area contributed by atoms with Gasteiger partial charge in [0.25, 0.3) is 0 Å². The summed E-state index contributed by atoms with van der Waals surface area (Å²) in [6.45, 7) is 7.02. The summed E-state index contributed by atoms with van der Waals surface area (Å²) >= 11 is 0. The second-order valence-corrected chi connectivity index (χ2v) is 6.62. The molecule has 0 bridgehead atoms. The minimum Gasteiger partial charge on any atom is -0.497 e. The highest BCUT2D eigenvalue weighted by atomic mass is 16.5. The van der Waals surface area contributed by atoms with Crippen molar-refractivity contribution < 1.29 is 4.74 Å². The van der Waals surface area contributed by atoms with Crippen molar-refractivity contribution in [3.05, 3.63) is 29.8 Å². The van der Waals surface area contributed by atoms with E-state index in [1.54, 1.807) is 7.11 Å². The Hall–Kier alpha value is -1.02. The Labute approximate surface area is 117 Å². The van der Waals surface area contributed by atoms with Crippen LogP contribution in [0.2, 0.25) is 0 Å². The van der Waals surface area contributed by atoms with Crippen LogP contribution in [-0.4, -0.2) is 13.2 Å². The molecule has 0 saturated heterocycles. The van der Waals surface area contributed by atoms with Crippen LogP contribution in [0.25, 0.3) is 0 Å². The van der Waals surface area contributed by atoms with Crippen molar-refractivity contribution in [2.75, 3.05) is 7.11 Å². The molecular formula is C17H27NO. The maximum Gasteiger partial charge on any atom is 0.119 e. The summed E-state index contributed by atoms with van der Waals surface area (Å²) in [6.07, 6.45) is 5.28. The van der Waals surface area contributed by atoms with Gasteiger partial charge in [-0.2, -0.15) is 0 Å². The van der Waals surface area contributed by atoms with Gasteiger partial charge in [-0.05, 0) is 49.3 Å². The lowest BCUT2D eigenvalue weighted by Gasteiger charge is -2.37. The van der Waals surface area contributed by atoms with Gasteiger partial charge in [-0.3, -0.25) is 0 Å². The van der Waals surface area contributed by atoms with Crippen LogP contribution < -0.4 is 10.1 Å². The van der Waals surface area contributed by atoms with E-state index in [1.165, 1.54) is 31.2 Å². The highest BCUT2D eigenvalue weighted by Crippen LogP contribution is 2.36. The first kappa shape index (κ1) is 14.4. The minimum atomic E-state index is 0.383. The van der Waals surface area contributed by atoms with Crippen molar-refractivity contribution in [1.29, 1.82) is 0 Å². The fraction of sp³-hybridized carbons (Fsp3) is 0.647. The molecule has 106 valence electrons. The molecule has 2 nitrogen and oxygen atoms in total. The Balaban J connectivity index is 1.98. The normalized spacial score (nSPS) is 23.9. The molecule has 0 aliphatic heterocycles. The molecule has 1 aliphatic rings. The highest BCUT2D eigenvalue weighted by Gasteiger charge is 2.28. The van der Waals surface area contributed by atoms with Crippen LogP contribution in [-0.2, 0) is 0 Å². The van der Waals surface area contributed by atoms with Gasteiger partial charge < -0.3 is 10.1 Å². The van der Waals surface area contributed by atoms with Crippen molar-refractivity contribution in [2.24, 2.45) is 5.41 Å². The first-order valence-electron chi connectivity index (χ1n) is 7.40. The van der Waals surface area contributed by atoms with Crippen molar-refractivity contribution in [2.45, 2.75) is 58.5 Å². The highest BCUT2D eigenvalue weighted by molar-refractivity contribution is 5.30. The molecule has 1 saturated carbocycles. The molecular weight excluding hydrogens is 234 g/mol. The monoisotopic (exact) mass is 261 g/mol. The van der Waals surface area contributed by atoms with Gasteiger partial charge in [-0.1, -0.05) is 32.4 Å². The van der Waals surface area contributed by atoms with Crippen LogP contribution in [0, 0.1) is 5.41 Å². The number of hydrogen-bond donors (Lipinski definition) is 1. The molecule has 0 radical (unpaired) electrons. The molecule has 1 aromatic rings. The third-order valence-corrected chi connectivity index (χ3v) is 4.28. The SMILES string of the molecule is COc1cccc([C@@H](C)NC2CCCC(C)(C)C2)c1. The van der Waals surface area contributed by atoms with Gasteiger partial charge in [0.05, 0.1) is 7.11 Å². The topological polar surface area (TPSA) is 21.3 Å². The van der Waals surface area contributed by atoms with Gasteiger partial charge in [0.15, 0.2) is 0 Å². The second kappa shape index (κ2) is 5.96. The zero-order valence-electron chi connectivity index (χ0n) is 12.7. The minimum absolute atomic E-state index is 0.383. The number of methoxy groups -OCH3 is 1. The predicted octanol–water partition coefficient (Wildman–Crippen LogP) is 4.31. The maximum atomic E-state index is 5.30. The Morgan fingerprint density at radius 1 is 1.37 bits per heavy atom. The third-order valence-electron chi connectivity index (χ3n) is 4.28. The molecule has 2 atom stereocenters. The third kappa shape index (κ3) is 3.97. The lowest BCUT2D eigenvalue weighted by molar-refractivity contribution is 0.191. The summed E-state index contributed by atoms with van der Waals surface area (Å²) < 4.78 is 5.30. The molecule has 1 fully saturated rings. The number of benzene rings is 1. The molecule has 19 heavy (non-hydrogen) atoms. The molecule has 1 aliphatic carbocycles. The lowest BCUT2D eigenvalue weighted by Crippen LogP contribution is -2.38. The molecule has 0 spiro atoms. The molecule has 1 N–H and O–H groups in total. The number of rotatable bonds is 4. The molecule has 1 unspecified atom stereocenters. The van der Waals surface area contributed by atoms with Gasteiger partial charge in [0, 0.05) is 12.1 Å². The van der Waals surface area contributed by atoms with Gasteiger partial charge in [0.1, 0.15) is 5.75 Å².